The van der Waals surface area contributed by atoms with E-state index in [4.69, 9.17) is 4.74 Å². The maximum atomic E-state index is 12.4. The number of carbonyl (C=O) groups is 1. The second-order valence-corrected chi connectivity index (χ2v) is 7.29. The van der Waals surface area contributed by atoms with Crippen LogP contribution in [-0.4, -0.2) is 28.7 Å². The quantitative estimate of drug-likeness (QED) is 0.749. The molecule has 0 aromatic rings. The molecular weight excluding hydrogens is 238 g/mol. The number of hydrogen-bond acceptors (Lipinski definition) is 2. The van der Waals surface area contributed by atoms with Crippen molar-refractivity contribution in [3.8, 4) is 0 Å². The summed E-state index contributed by atoms with van der Waals surface area (Å²) in [6.07, 6.45) is 5.59. The van der Waals surface area contributed by atoms with Crippen molar-refractivity contribution < 1.29 is 9.53 Å². The number of hydrogen-bond donors (Lipinski definition) is 0. The number of amides is 1. The minimum atomic E-state index is -0.406. The summed E-state index contributed by atoms with van der Waals surface area (Å²) in [5.41, 5.74) is -0.406. The molecule has 1 aliphatic rings. The van der Waals surface area contributed by atoms with Crippen LogP contribution in [0.2, 0.25) is 0 Å². The van der Waals surface area contributed by atoms with Gasteiger partial charge >= 0.3 is 6.09 Å². The van der Waals surface area contributed by atoms with Gasteiger partial charge in [0.1, 0.15) is 5.60 Å². The number of carbonyl (C=O) groups excluding carboxylic acids is 1. The molecule has 0 N–H and O–H groups in total. The maximum Gasteiger partial charge on any atom is 0.410 e. The third-order valence-corrected chi connectivity index (χ3v) is 3.71. The van der Waals surface area contributed by atoms with Crippen LogP contribution in [0.3, 0.4) is 0 Å². The zero-order chi connectivity index (χ0) is 14.6. The van der Waals surface area contributed by atoms with Gasteiger partial charge in [-0.3, -0.25) is 0 Å². The van der Waals surface area contributed by atoms with Crippen molar-refractivity contribution in [2.75, 3.05) is 0 Å². The van der Waals surface area contributed by atoms with E-state index in [1.54, 1.807) is 0 Å². The van der Waals surface area contributed by atoms with Crippen LogP contribution < -0.4 is 0 Å². The fourth-order valence-electron chi connectivity index (χ4n) is 2.74. The maximum absolute atomic E-state index is 12.4. The molecule has 1 rings (SSSR count). The lowest BCUT2D eigenvalue weighted by Crippen LogP contribution is -2.50. The summed E-state index contributed by atoms with van der Waals surface area (Å²) in [6, 6.07) is 0.668. The van der Waals surface area contributed by atoms with Crippen LogP contribution in [0.25, 0.3) is 0 Å². The topological polar surface area (TPSA) is 29.5 Å². The Morgan fingerprint density at radius 2 is 1.95 bits per heavy atom. The predicted octanol–water partition coefficient (Wildman–Crippen LogP) is 4.60. The van der Waals surface area contributed by atoms with E-state index >= 15 is 0 Å². The average Bonchev–Trinajstić information content (AvgIpc) is 2.23. The summed E-state index contributed by atoms with van der Waals surface area (Å²) in [5.74, 6) is 0.692. The highest BCUT2D eigenvalue weighted by molar-refractivity contribution is 5.69. The fraction of sp³-hybridized carbons (Fsp3) is 0.938. The van der Waals surface area contributed by atoms with E-state index in [1.165, 1.54) is 12.8 Å². The van der Waals surface area contributed by atoms with Crippen molar-refractivity contribution >= 4 is 6.09 Å². The molecule has 1 fully saturated rings. The molecule has 1 aliphatic heterocycles. The Morgan fingerprint density at radius 3 is 2.47 bits per heavy atom. The first-order valence-corrected chi connectivity index (χ1v) is 7.72. The highest BCUT2D eigenvalue weighted by atomic mass is 16.6. The first-order valence-electron chi connectivity index (χ1n) is 7.72. The summed E-state index contributed by atoms with van der Waals surface area (Å²) >= 11 is 0. The third-order valence-electron chi connectivity index (χ3n) is 3.71. The summed E-state index contributed by atoms with van der Waals surface area (Å²) < 4.78 is 5.57. The van der Waals surface area contributed by atoms with Gasteiger partial charge in [0.15, 0.2) is 0 Å². The van der Waals surface area contributed by atoms with Crippen LogP contribution in [-0.2, 0) is 4.74 Å². The van der Waals surface area contributed by atoms with E-state index in [-0.39, 0.29) is 6.09 Å². The molecule has 0 saturated carbocycles. The van der Waals surface area contributed by atoms with Crippen LogP contribution in [0, 0.1) is 5.92 Å². The SMILES string of the molecule is CC(C)CC[C@@H]1CCC[C@@H](C)N1C(=O)OC(C)(C)C. The Bertz CT molecular complexity index is 294. The molecular formula is C16H31NO2. The molecule has 0 bridgehead atoms. The molecule has 112 valence electrons. The van der Waals surface area contributed by atoms with Gasteiger partial charge in [-0.25, -0.2) is 4.79 Å². The summed E-state index contributed by atoms with van der Waals surface area (Å²) in [4.78, 5) is 14.4. The van der Waals surface area contributed by atoms with Crippen molar-refractivity contribution in [1.29, 1.82) is 0 Å². The lowest BCUT2D eigenvalue weighted by molar-refractivity contribution is -0.00467. The molecule has 0 unspecified atom stereocenters. The van der Waals surface area contributed by atoms with Crippen LogP contribution in [0.5, 0.6) is 0 Å². The van der Waals surface area contributed by atoms with Gasteiger partial charge in [-0.2, -0.15) is 0 Å². The normalized spacial score (nSPS) is 24.7. The highest BCUT2D eigenvalue weighted by Crippen LogP contribution is 2.28. The Kier molecular flexibility index (Phi) is 5.69. The minimum absolute atomic E-state index is 0.131. The van der Waals surface area contributed by atoms with Crippen molar-refractivity contribution in [2.45, 2.75) is 91.3 Å². The Balaban J connectivity index is 2.69. The van der Waals surface area contributed by atoms with E-state index in [0.717, 1.165) is 19.3 Å². The van der Waals surface area contributed by atoms with Crippen molar-refractivity contribution in [2.24, 2.45) is 5.92 Å². The van der Waals surface area contributed by atoms with E-state index in [9.17, 15) is 4.79 Å². The minimum Gasteiger partial charge on any atom is -0.444 e. The van der Waals surface area contributed by atoms with Gasteiger partial charge in [0, 0.05) is 12.1 Å². The lowest BCUT2D eigenvalue weighted by Gasteiger charge is -2.41. The second kappa shape index (κ2) is 6.62. The van der Waals surface area contributed by atoms with E-state index in [0.29, 0.717) is 18.0 Å². The van der Waals surface area contributed by atoms with Crippen LogP contribution >= 0.6 is 0 Å². The van der Waals surface area contributed by atoms with Gasteiger partial charge in [0.2, 0.25) is 0 Å². The molecule has 1 amide bonds. The van der Waals surface area contributed by atoms with Gasteiger partial charge in [-0.15, -0.1) is 0 Å². The Morgan fingerprint density at radius 1 is 1.32 bits per heavy atom. The van der Waals surface area contributed by atoms with Crippen LogP contribution in [0.4, 0.5) is 4.79 Å². The number of piperidine rings is 1. The molecule has 1 heterocycles. The van der Waals surface area contributed by atoms with Crippen LogP contribution in [0.15, 0.2) is 0 Å². The summed E-state index contributed by atoms with van der Waals surface area (Å²) in [7, 11) is 0. The number of likely N-dealkylation sites (tertiary alicyclic amines) is 1. The lowest BCUT2D eigenvalue weighted by atomic mass is 9.92. The Hall–Kier alpha value is -0.730. The zero-order valence-electron chi connectivity index (χ0n) is 13.5. The molecule has 0 aromatic carbocycles. The molecule has 0 aliphatic carbocycles. The summed E-state index contributed by atoms with van der Waals surface area (Å²) in [5, 5.41) is 0. The zero-order valence-corrected chi connectivity index (χ0v) is 13.5. The summed E-state index contributed by atoms with van der Waals surface area (Å²) in [6.45, 7) is 12.4. The third kappa shape index (κ3) is 5.42. The Labute approximate surface area is 118 Å². The van der Waals surface area contributed by atoms with E-state index in [1.807, 2.05) is 25.7 Å². The second-order valence-electron chi connectivity index (χ2n) is 7.29. The molecule has 3 heteroatoms. The predicted molar refractivity (Wildman–Crippen MR) is 79.2 cm³/mol. The molecule has 0 aromatic heterocycles. The van der Waals surface area contributed by atoms with E-state index < -0.39 is 5.60 Å². The van der Waals surface area contributed by atoms with Gasteiger partial charge in [0.05, 0.1) is 0 Å². The molecule has 19 heavy (non-hydrogen) atoms. The van der Waals surface area contributed by atoms with E-state index in [2.05, 4.69) is 20.8 Å². The fourth-order valence-corrected chi connectivity index (χ4v) is 2.74. The molecule has 0 spiro atoms. The molecule has 1 saturated heterocycles. The standard InChI is InChI=1S/C16H31NO2/c1-12(2)10-11-14-9-7-8-13(3)17(14)15(18)19-16(4,5)6/h12-14H,7-11H2,1-6H3/t13-,14+/m1/s1. The largest absolute Gasteiger partial charge is 0.444 e. The van der Waals surface area contributed by atoms with Gasteiger partial charge < -0.3 is 9.64 Å². The molecule has 0 radical (unpaired) electrons. The number of rotatable bonds is 3. The van der Waals surface area contributed by atoms with Gasteiger partial charge in [-0.05, 0) is 65.7 Å². The first-order chi connectivity index (χ1) is 8.70. The first kappa shape index (κ1) is 16.3. The molecule has 3 nitrogen and oxygen atoms in total. The van der Waals surface area contributed by atoms with Crippen molar-refractivity contribution in [3.05, 3.63) is 0 Å². The smallest absolute Gasteiger partial charge is 0.410 e. The average molecular weight is 269 g/mol. The van der Waals surface area contributed by atoms with Gasteiger partial charge in [0.25, 0.3) is 0 Å². The van der Waals surface area contributed by atoms with Crippen molar-refractivity contribution in [1.82, 2.24) is 4.90 Å². The number of ether oxygens (including phenoxy) is 1. The van der Waals surface area contributed by atoms with Crippen molar-refractivity contribution in [3.63, 3.8) is 0 Å². The monoisotopic (exact) mass is 269 g/mol. The highest BCUT2D eigenvalue weighted by Gasteiger charge is 2.34. The molecule has 2 atom stereocenters. The number of nitrogens with zero attached hydrogens (tertiary/aromatic N) is 1. The van der Waals surface area contributed by atoms with Gasteiger partial charge in [-0.1, -0.05) is 13.8 Å². The van der Waals surface area contributed by atoms with Crippen LogP contribution in [0.1, 0.15) is 73.6 Å².